The van der Waals surface area contributed by atoms with Crippen molar-refractivity contribution in [3.05, 3.63) is 101 Å². The largest absolute Gasteiger partial charge is 0.378 e. The summed E-state index contributed by atoms with van der Waals surface area (Å²) in [6.07, 6.45) is 1.29. The number of ketones is 2. The number of fused-ring (bicyclic) bond motifs is 1. The molecule has 5 heteroatoms. The molecular weight excluding hydrogens is 434 g/mol. The highest BCUT2D eigenvalue weighted by Gasteiger charge is 2.38. The molecule has 2 N–H and O–H groups in total. The second-order valence-electron chi connectivity index (χ2n) is 10.5. The Bertz CT molecular complexity index is 1320. The van der Waals surface area contributed by atoms with Crippen LogP contribution in [0.1, 0.15) is 54.2 Å². The minimum atomic E-state index is -0.305. The molecule has 0 saturated heterocycles. The van der Waals surface area contributed by atoms with Gasteiger partial charge in [0.15, 0.2) is 11.6 Å². The van der Waals surface area contributed by atoms with Crippen LogP contribution in [0.3, 0.4) is 0 Å². The molecule has 178 valence electrons. The van der Waals surface area contributed by atoms with Crippen molar-refractivity contribution in [2.45, 2.75) is 32.7 Å². The van der Waals surface area contributed by atoms with Gasteiger partial charge in [-0.15, -0.1) is 0 Å². The molecule has 5 nitrogen and oxygen atoms in total. The zero-order valence-corrected chi connectivity index (χ0v) is 20.7. The van der Waals surface area contributed by atoms with Gasteiger partial charge in [-0.05, 0) is 47.7 Å². The van der Waals surface area contributed by atoms with Crippen molar-refractivity contribution < 1.29 is 9.59 Å². The van der Waals surface area contributed by atoms with Gasteiger partial charge in [-0.25, -0.2) is 0 Å². The zero-order chi connectivity index (χ0) is 24.7. The molecular formula is C30H31N3O2. The number of anilines is 3. The van der Waals surface area contributed by atoms with E-state index in [2.05, 4.69) is 53.6 Å². The van der Waals surface area contributed by atoms with E-state index in [1.807, 2.05) is 62.6 Å². The minimum absolute atomic E-state index is 0.0266. The van der Waals surface area contributed by atoms with Gasteiger partial charge in [0.25, 0.3) is 0 Å². The van der Waals surface area contributed by atoms with Crippen LogP contribution in [0.25, 0.3) is 0 Å². The Morgan fingerprint density at radius 1 is 0.886 bits per heavy atom. The first-order chi connectivity index (χ1) is 16.7. The molecule has 0 fully saturated rings. The molecule has 1 unspecified atom stereocenters. The van der Waals surface area contributed by atoms with Crippen molar-refractivity contribution >= 4 is 28.6 Å². The topological polar surface area (TPSA) is 61.4 Å². The lowest BCUT2D eigenvalue weighted by molar-refractivity contribution is -0.118. The van der Waals surface area contributed by atoms with Crippen LogP contribution in [0, 0.1) is 5.41 Å². The molecule has 0 aromatic heterocycles. The first-order valence-corrected chi connectivity index (χ1v) is 12.0. The molecule has 1 aliphatic carbocycles. The Morgan fingerprint density at radius 3 is 2.29 bits per heavy atom. The summed E-state index contributed by atoms with van der Waals surface area (Å²) in [7, 11) is 4.02. The molecule has 3 aromatic carbocycles. The Morgan fingerprint density at radius 2 is 1.60 bits per heavy atom. The predicted octanol–water partition coefficient (Wildman–Crippen LogP) is 6.21. The molecule has 3 aromatic rings. The number of hydrogen-bond donors (Lipinski definition) is 2. The monoisotopic (exact) mass is 465 g/mol. The summed E-state index contributed by atoms with van der Waals surface area (Å²) in [5, 5.41) is 7.18. The number of carbonyl (C=O) groups excluding carboxylic acids is 2. The van der Waals surface area contributed by atoms with Crippen molar-refractivity contribution in [1.82, 2.24) is 0 Å². The average molecular weight is 466 g/mol. The van der Waals surface area contributed by atoms with Crippen LogP contribution in [0.4, 0.5) is 17.1 Å². The highest BCUT2D eigenvalue weighted by molar-refractivity contribution is 6.10. The highest BCUT2D eigenvalue weighted by atomic mass is 16.1. The Hall–Kier alpha value is -3.86. The van der Waals surface area contributed by atoms with Gasteiger partial charge in [0.2, 0.25) is 0 Å². The SMILES string of the molecule is CN(C)c1ccc(C2Nc3cc(C(=O)c4ccccc4)ccc3NC3=C2C(=O)CC(C)(C)C3)cc1. The van der Waals surface area contributed by atoms with Crippen molar-refractivity contribution in [3.63, 3.8) is 0 Å². The van der Waals surface area contributed by atoms with Crippen LogP contribution in [0.5, 0.6) is 0 Å². The fraction of sp³-hybridized carbons (Fsp3) is 0.267. The summed E-state index contributed by atoms with van der Waals surface area (Å²) in [6.45, 7) is 4.27. The number of rotatable bonds is 4. The number of Topliss-reactive ketones (excluding diaryl/α,β-unsaturated/α-hetero) is 1. The maximum absolute atomic E-state index is 13.5. The number of allylic oxidation sites excluding steroid dienone is 1. The van der Waals surface area contributed by atoms with Crippen molar-refractivity contribution in [2.24, 2.45) is 5.41 Å². The van der Waals surface area contributed by atoms with Crippen LogP contribution < -0.4 is 15.5 Å². The summed E-state index contributed by atoms with van der Waals surface area (Å²) in [4.78, 5) is 28.7. The van der Waals surface area contributed by atoms with E-state index < -0.39 is 0 Å². The summed E-state index contributed by atoms with van der Waals surface area (Å²) in [6, 6.07) is 23.0. The summed E-state index contributed by atoms with van der Waals surface area (Å²) < 4.78 is 0. The highest BCUT2D eigenvalue weighted by Crippen LogP contribution is 2.45. The lowest BCUT2D eigenvalue weighted by Gasteiger charge is -2.34. The van der Waals surface area contributed by atoms with Crippen LogP contribution in [0.15, 0.2) is 84.1 Å². The van der Waals surface area contributed by atoms with Gasteiger partial charge >= 0.3 is 0 Å². The van der Waals surface area contributed by atoms with Gasteiger partial charge in [-0.2, -0.15) is 0 Å². The van der Waals surface area contributed by atoms with Crippen LogP contribution >= 0.6 is 0 Å². The van der Waals surface area contributed by atoms with E-state index in [1.54, 1.807) is 0 Å². The second kappa shape index (κ2) is 8.73. The molecule has 35 heavy (non-hydrogen) atoms. The van der Waals surface area contributed by atoms with E-state index in [4.69, 9.17) is 0 Å². The third kappa shape index (κ3) is 4.46. The molecule has 0 spiro atoms. The Balaban J connectivity index is 1.59. The molecule has 1 atom stereocenters. The third-order valence-corrected chi connectivity index (χ3v) is 6.85. The maximum atomic E-state index is 13.5. The van der Waals surface area contributed by atoms with Crippen LogP contribution in [0.2, 0.25) is 0 Å². The summed E-state index contributed by atoms with van der Waals surface area (Å²) >= 11 is 0. The third-order valence-electron chi connectivity index (χ3n) is 6.85. The fourth-order valence-corrected chi connectivity index (χ4v) is 5.06. The molecule has 1 aliphatic heterocycles. The first kappa shape index (κ1) is 22.9. The molecule has 5 rings (SSSR count). The van der Waals surface area contributed by atoms with E-state index in [0.29, 0.717) is 17.5 Å². The van der Waals surface area contributed by atoms with Gasteiger partial charge in [0.05, 0.1) is 17.4 Å². The number of nitrogens with one attached hydrogen (secondary N) is 2. The Kier molecular flexibility index (Phi) is 5.72. The fourth-order valence-electron chi connectivity index (χ4n) is 5.06. The maximum Gasteiger partial charge on any atom is 0.193 e. The van der Waals surface area contributed by atoms with Crippen molar-refractivity contribution in [3.8, 4) is 0 Å². The first-order valence-electron chi connectivity index (χ1n) is 12.0. The lowest BCUT2D eigenvalue weighted by atomic mass is 9.73. The van der Waals surface area contributed by atoms with E-state index >= 15 is 0 Å². The number of hydrogen-bond acceptors (Lipinski definition) is 5. The normalized spacial score (nSPS) is 18.5. The van der Waals surface area contributed by atoms with E-state index in [-0.39, 0.29) is 23.0 Å². The number of nitrogens with zero attached hydrogens (tertiary/aromatic N) is 1. The van der Waals surface area contributed by atoms with E-state index in [0.717, 1.165) is 40.3 Å². The van der Waals surface area contributed by atoms with E-state index in [1.165, 1.54) is 0 Å². The van der Waals surface area contributed by atoms with Gasteiger partial charge in [-0.1, -0.05) is 56.3 Å². The quantitative estimate of drug-likeness (QED) is 0.449. The molecule has 1 heterocycles. The second-order valence-corrected chi connectivity index (χ2v) is 10.5. The van der Waals surface area contributed by atoms with E-state index in [9.17, 15) is 9.59 Å². The average Bonchev–Trinajstić information content (AvgIpc) is 2.99. The smallest absolute Gasteiger partial charge is 0.193 e. The molecule has 0 amide bonds. The predicted molar refractivity (Wildman–Crippen MR) is 142 cm³/mol. The molecule has 0 radical (unpaired) electrons. The van der Waals surface area contributed by atoms with Gasteiger partial charge in [0.1, 0.15) is 0 Å². The lowest BCUT2D eigenvalue weighted by Crippen LogP contribution is -2.31. The van der Waals surface area contributed by atoms with Gasteiger partial charge in [-0.3, -0.25) is 9.59 Å². The number of carbonyl (C=O) groups is 2. The standard InChI is InChI=1S/C30H31N3O2/c1-30(2)17-25-27(26(34)18-30)28(19-10-13-22(14-11-19)33(3)4)32-24-16-21(12-15-23(24)31-25)29(35)20-8-6-5-7-9-20/h5-16,28,31-32H,17-18H2,1-4H3. The molecule has 2 aliphatic rings. The van der Waals surface area contributed by atoms with Gasteiger partial charge in [0, 0.05) is 48.6 Å². The zero-order valence-electron chi connectivity index (χ0n) is 20.7. The summed E-state index contributed by atoms with van der Waals surface area (Å²) in [5.41, 5.74) is 6.70. The number of benzene rings is 3. The molecule has 0 saturated carbocycles. The van der Waals surface area contributed by atoms with Crippen LogP contribution in [-0.4, -0.2) is 25.7 Å². The van der Waals surface area contributed by atoms with Gasteiger partial charge < -0.3 is 15.5 Å². The Labute approximate surface area is 206 Å². The molecule has 0 bridgehead atoms. The summed E-state index contributed by atoms with van der Waals surface area (Å²) in [5.74, 6) is 0.132. The minimum Gasteiger partial charge on any atom is -0.378 e. The van der Waals surface area contributed by atoms with Crippen LogP contribution in [-0.2, 0) is 4.79 Å². The van der Waals surface area contributed by atoms with Crippen molar-refractivity contribution in [1.29, 1.82) is 0 Å². The van der Waals surface area contributed by atoms with Crippen molar-refractivity contribution in [2.75, 3.05) is 29.6 Å².